The van der Waals surface area contributed by atoms with E-state index in [2.05, 4.69) is 5.32 Å². The van der Waals surface area contributed by atoms with Gasteiger partial charge in [0.1, 0.15) is 17.5 Å². The van der Waals surface area contributed by atoms with E-state index in [1.54, 1.807) is 27.7 Å². The van der Waals surface area contributed by atoms with Crippen LogP contribution in [0.25, 0.3) is 0 Å². The molecule has 12 nitrogen and oxygen atoms in total. The maximum Gasteiger partial charge on any atom is 0.346 e. The Morgan fingerprint density at radius 3 is 1.70 bits per heavy atom. The molecule has 2 aromatic rings. The topological polar surface area (TPSA) is 147 Å². The molecule has 2 aliphatic rings. The molecule has 0 bridgehead atoms. The first-order valence-corrected chi connectivity index (χ1v) is 19.8. The number of rotatable bonds is 17. The molecule has 2 fully saturated rings. The molecule has 2 amide bonds. The number of carbonyl (C=O) groups excluding carboxylic acids is 3. The molecule has 0 radical (unpaired) electrons. The quantitative estimate of drug-likeness (QED) is 0.115. The first-order valence-electron chi connectivity index (χ1n) is 15.7. The van der Waals surface area contributed by atoms with Crippen LogP contribution >= 0.6 is 27.0 Å². The van der Waals surface area contributed by atoms with Crippen LogP contribution in [0.5, 0.6) is 0 Å². The largest absolute Gasteiger partial charge is 0.451 e. The Morgan fingerprint density at radius 1 is 0.830 bits per heavy atom. The fraction of sp³-hybridized carbons (Fsp3) is 0.531. The summed E-state index contributed by atoms with van der Waals surface area (Å²) in [5.41, 5.74) is 1.57. The second kappa shape index (κ2) is 15.8. The molecule has 0 aliphatic carbocycles. The molecule has 47 heavy (non-hydrogen) atoms. The van der Waals surface area contributed by atoms with E-state index >= 15 is 0 Å². The molecule has 15 heteroatoms. The van der Waals surface area contributed by atoms with Gasteiger partial charge in [0.15, 0.2) is 11.5 Å². The van der Waals surface area contributed by atoms with Crippen LogP contribution in [-0.2, 0) is 46.3 Å². The number of hydrogen-bond donors (Lipinski definition) is 1. The molecular weight excluding hydrogens is 666 g/mol. The minimum atomic E-state index is -4.18. The second-order valence-electron chi connectivity index (χ2n) is 11.4. The van der Waals surface area contributed by atoms with Crippen LogP contribution in [0.3, 0.4) is 0 Å². The number of esters is 1. The highest BCUT2D eigenvalue weighted by molar-refractivity contribution is 8.01. The Kier molecular flexibility index (Phi) is 12.6. The van der Waals surface area contributed by atoms with Gasteiger partial charge >= 0.3 is 21.2 Å². The zero-order valence-corrected chi connectivity index (χ0v) is 30.1. The number of benzene rings is 2. The zero-order chi connectivity index (χ0) is 34.4. The average molecular weight is 711 g/mol. The number of thioether (sulfide) groups is 1. The van der Waals surface area contributed by atoms with Gasteiger partial charge in [-0.2, -0.15) is 0 Å². The van der Waals surface area contributed by atoms with E-state index in [9.17, 15) is 23.5 Å². The molecule has 1 N–H and O–H groups in total. The number of amides is 2. The highest BCUT2D eigenvalue weighted by atomic mass is 32.2. The smallest absolute Gasteiger partial charge is 0.346 e. The summed E-state index contributed by atoms with van der Waals surface area (Å²) in [6, 6.07) is 16.8. The van der Waals surface area contributed by atoms with E-state index in [1.807, 2.05) is 74.5 Å². The maximum atomic E-state index is 13.9. The molecule has 2 heterocycles. The minimum Gasteiger partial charge on any atom is -0.451 e. The number of fused-ring (bicyclic) bond motifs is 1. The predicted molar refractivity (Wildman–Crippen MR) is 179 cm³/mol. The van der Waals surface area contributed by atoms with Crippen LogP contribution < -0.4 is 5.32 Å². The van der Waals surface area contributed by atoms with Crippen LogP contribution in [0, 0.1) is 0 Å². The number of ether oxygens (including phenoxy) is 1. The van der Waals surface area contributed by atoms with Crippen LogP contribution in [-0.4, -0.2) is 76.7 Å². The van der Waals surface area contributed by atoms with Crippen LogP contribution in [0.15, 0.2) is 60.7 Å². The van der Waals surface area contributed by atoms with Gasteiger partial charge in [0.2, 0.25) is 11.8 Å². The van der Waals surface area contributed by atoms with Gasteiger partial charge in [0.25, 0.3) is 0 Å². The van der Waals surface area contributed by atoms with Crippen molar-refractivity contribution in [2.24, 2.45) is 0 Å². The zero-order valence-electron chi connectivity index (χ0n) is 27.5. The van der Waals surface area contributed by atoms with Crippen molar-refractivity contribution in [1.29, 1.82) is 0 Å². The van der Waals surface area contributed by atoms with E-state index in [0.29, 0.717) is 0 Å². The number of carbonyl (C=O) groups is 3. The summed E-state index contributed by atoms with van der Waals surface area (Å²) >= 11 is 1.37. The summed E-state index contributed by atoms with van der Waals surface area (Å²) in [6.07, 6.45) is -1.30. The number of nitrogens with one attached hydrogen (secondary N) is 1. The lowest BCUT2D eigenvalue weighted by atomic mass is 9.95. The Hall–Kier alpha value is -2.50. The minimum absolute atomic E-state index is 0.0373. The lowest BCUT2D eigenvalue weighted by molar-refractivity contribution is -0.166. The molecule has 2 saturated heterocycles. The van der Waals surface area contributed by atoms with Gasteiger partial charge in [-0.1, -0.05) is 60.7 Å². The van der Waals surface area contributed by atoms with Crippen LogP contribution in [0.2, 0.25) is 0 Å². The van der Waals surface area contributed by atoms with Gasteiger partial charge in [-0.3, -0.25) is 18.7 Å². The van der Waals surface area contributed by atoms with E-state index in [4.69, 9.17) is 22.8 Å². The molecular formula is C32H44N2O10P2S. The summed E-state index contributed by atoms with van der Waals surface area (Å²) in [4.78, 5) is 42.4. The van der Waals surface area contributed by atoms with Gasteiger partial charge in [-0.15, -0.1) is 11.8 Å². The predicted octanol–water partition coefficient (Wildman–Crippen LogP) is 6.11. The van der Waals surface area contributed by atoms with Crippen molar-refractivity contribution in [2.75, 3.05) is 26.4 Å². The molecule has 258 valence electrons. The fourth-order valence-corrected chi connectivity index (χ4v) is 12.7. The molecule has 0 saturated carbocycles. The number of nitrogens with zero attached hydrogens (tertiary/aromatic N) is 1. The van der Waals surface area contributed by atoms with Gasteiger partial charge in [0.05, 0.1) is 32.8 Å². The molecule has 3 atom stereocenters. The summed E-state index contributed by atoms with van der Waals surface area (Å²) in [7, 11) is -8.36. The lowest BCUT2D eigenvalue weighted by Gasteiger charge is -2.44. The van der Waals surface area contributed by atoms with Gasteiger partial charge in [0, 0.05) is 4.75 Å². The SMILES string of the molecule is CCOP(=O)(OCC)C(CC(=O)NC1C(=O)N2C1SC(C)(C)C2C(=O)OC(c1ccccc1)c1ccccc1)P(=O)(OCC)OCC. The maximum absolute atomic E-state index is 13.9. The number of β-lactam (4-membered cyclic amide) rings is 1. The third-order valence-electron chi connectivity index (χ3n) is 7.75. The molecule has 2 aliphatic heterocycles. The van der Waals surface area contributed by atoms with Crippen molar-refractivity contribution < 1.29 is 46.3 Å². The summed E-state index contributed by atoms with van der Waals surface area (Å²) in [5.74, 6) is -1.75. The molecule has 0 spiro atoms. The third kappa shape index (κ3) is 8.05. The van der Waals surface area contributed by atoms with Crippen LogP contribution in [0.1, 0.15) is 65.2 Å². The molecule has 4 rings (SSSR count). The summed E-state index contributed by atoms with van der Waals surface area (Å²) < 4.78 is 55.0. The van der Waals surface area contributed by atoms with Gasteiger partial charge < -0.3 is 33.0 Å². The van der Waals surface area contributed by atoms with Gasteiger partial charge in [-0.05, 0) is 52.7 Å². The van der Waals surface area contributed by atoms with Crippen molar-refractivity contribution in [3.8, 4) is 0 Å². The van der Waals surface area contributed by atoms with Crippen molar-refractivity contribution in [3.05, 3.63) is 71.8 Å². The highest BCUT2D eigenvalue weighted by Crippen LogP contribution is 2.71. The first kappa shape index (κ1) is 37.3. The molecule has 3 unspecified atom stereocenters. The van der Waals surface area contributed by atoms with Crippen molar-refractivity contribution >= 4 is 44.7 Å². The Morgan fingerprint density at radius 2 is 1.28 bits per heavy atom. The normalized spacial score (nSPS) is 20.6. The Balaban J connectivity index is 1.53. The Labute approximate surface area is 280 Å². The summed E-state index contributed by atoms with van der Waals surface area (Å²) in [6.45, 7) is 9.94. The second-order valence-corrected chi connectivity index (χ2v) is 18.0. The first-order chi connectivity index (χ1) is 22.4. The van der Waals surface area contributed by atoms with Crippen molar-refractivity contribution in [1.82, 2.24) is 10.2 Å². The summed E-state index contributed by atoms with van der Waals surface area (Å²) in [5, 5.41) is 0.569. The lowest BCUT2D eigenvalue weighted by Crippen LogP contribution is -2.70. The van der Waals surface area contributed by atoms with Gasteiger partial charge in [-0.25, -0.2) is 4.79 Å². The monoisotopic (exact) mass is 710 g/mol. The average Bonchev–Trinajstić information content (AvgIpc) is 3.30. The van der Waals surface area contributed by atoms with Crippen molar-refractivity contribution in [2.45, 2.75) is 81.7 Å². The molecule has 2 aromatic carbocycles. The van der Waals surface area contributed by atoms with E-state index in [-0.39, 0.29) is 26.4 Å². The third-order valence-corrected chi connectivity index (χ3v) is 15.3. The molecule has 0 aromatic heterocycles. The number of hydrogen-bond acceptors (Lipinski definition) is 11. The Bertz CT molecular complexity index is 1410. The van der Waals surface area contributed by atoms with Crippen molar-refractivity contribution in [3.63, 3.8) is 0 Å². The van der Waals surface area contributed by atoms with E-state index in [1.165, 1.54) is 16.7 Å². The highest BCUT2D eigenvalue weighted by Gasteiger charge is 2.65. The fourth-order valence-electron chi connectivity index (χ4n) is 5.82. The van der Waals surface area contributed by atoms with Crippen LogP contribution in [0.4, 0.5) is 0 Å². The van der Waals surface area contributed by atoms with E-state index in [0.717, 1.165) is 11.1 Å². The standard InChI is InChI=1S/C32H44N2O10P2S/c1-7-40-45(38,41-8-2)25(46(39,42-9-3)43-10-4)21-24(35)33-26-29(36)34-28(32(5,6)47-30(26)34)31(37)44-27(22-17-13-11-14-18-22)23-19-15-12-16-20-23/h11-20,25-28,30H,7-10,21H2,1-6H3,(H,33,35). The van der Waals surface area contributed by atoms with E-state index < -0.39 is 73.1 Å².